The lowest BCUT2D eigenvalue weighted by molar-refractivity contribution is -0.120. The van der Waals surface area contributed by atoms with Gasteiger partial charge in [-0.1, -0.05) is 30.7 Å². The molecule has 0 spiro atoms. The van der Waals surface area contributed by atoms with Crippen LogP contribution in [0.5, 0.6) is 0 Å². The summed E-state index contributed by atoms with van der Waals surface area (Å²) in [4.78, 5) is 33.6. The topological polar surface area (TPSA) is 43.9 Å². The number of hydrogen-bond acceptors (Lipinski definition) is 5. The van der Waals surface area contributed by atoms with Crippen LogP contribution in [0.2, 0.25) is 0 Å². The average Bonchev–Trinajstić information content (AvgIpc) is 3.29. The lowest BCUT2D eigenvalue weighted by Gasteiger charge is -2.35. The quantitative estimate of drug-likeness (QED) is 0.745. The summed E-state index contributed by atoms with van der Waals surface area (Å²) in [6.07, 6.45) is 0. The summed E-state index contributed by atoms with van der Waals surface area (Å²) in [5.41, 5.74) is 3.83. The number of rotatable bonds is 4. The lowest BCUT2D eigenvalue weighted by atomic mass is 10.1. The minimum absolute atomic E-state index is 0.203. The molecule has 0 aliphatic carbocycles. The minimum atomic E-state index is -0.215. The van der Waals surface area contributed by atoms with Crippen molar-refractivity contribution in [3.8, 4) is 0 Å². The highest BCUT2D eigenvalue weighted by Crippen LogP contribution is 2.37. The van der Waals surface area contributed by atoms with Crippen molar-refractivity contribution in [2.24, 2.45) is 0 Å². The summed E-state index contributed by atoms with van der Waals surface area (Å²) in [7, 11) is 0. The zero-order valence-corrected chi connectivity index (χ0v) is 17.4. The summed E-state index contributed by atoms with van der Waals surface area (Å²) in [5.74, 6) is -0.419. The van der Waals surface area contributed by atoms with Crippen molar-refractivity contribution in [1.29, 1.82) is 0 Å². The van der Waals surface area contributed by atoms with Crippen molar-refractivity contribution in [1.82, 2.24) is 9.80 Å². The van der Waals surface area contributed by atoms with Crippen LogP contribution < -0.4 is 4.90 Å². The van der Waals surface area contributed by atoms with E-state index in [4.69, 9.17) is 0 Å². The van der Waals surface area contributed by atoms with Gasteiger partial charge in [-0.3, -0.25) is 9.59 Å². The number of carbonyl (C=O) groups excluding carboxylic acids is 2. The van der Waals surface area contributed by atoms with Crippen LogP contribution in [0.4, 0.5) is 5.69 Å². The molecule has 0 unspecified atom stereocenters. The van der Waals surface area contributed by atoms with E-state index in [-0.39, 0.29) is 11.8 Å². The maximum absolute atomic E-state index is 13.5. The third kappa shape index (κ3) is 3.16. The van der Waals surface area contributed by atoms with Gasteiger partial charge in [-0.2, -0.15) is 0 Å². The van der Waals surface area contributed by atoms with Crippen LogP contribution in [0.25, 0.3) is 5.57 Å². The van der Waals surface area contributed by atoms with Crippen LogP contribution in [-0.2, 0) is 9.59 Å². The molecule has 2 aromatic rings. The molecule has 4 rings (SSSR count). The second kappa shape index (κ2) is 7.53. The molecular weight excluding hydrogens is 370 g/mol. The molecule has 0 radical (unpaired) electrons. The predicted octanol–water partition coefficient (Wildman–Crippen LogP) is 3.29. The van der Waals surface area contributed by atoms with Gasteiger partial charge in [0.05, 0.1) is 11.3 Å². The lowest BCUT2D eigenvalue weighted by Crippen LogP contribution is -2.47. The van der Waals surface area contributed by atoms with Gasteiger partial charge in [0.15, 0.2) is 0 Å². The Hall–Kier alpha value is -2.44. The maximum Gasteiger partial charge on any atom is 0.282 e. The number of piperazine rings is 1. The standard InChI is InChI=1S/C22H25N3O2S/c1-4-23-9-11-24(12-10-23)20-19(18-6-5-13-28-18)21(26)25(22(20)27)17-8-7-15(2)14-16(17)3/h5-8,13-14H,4,9-12H2,1-3H3. The Bertz CT molecular complexity index is 941. The molecule has 0 N–H and O–H groups in total. The number of anilines is 1. The molecule has 1 aromatic heterocycles. The molecule has 5 nitrogen and oxygen atoms in total. The number of aryl methyl sites for hydroxylation is 2. The molecule has 2 aliphatic heterocycles. The minimum Gasteiger partial charge on any atom is -0.364 e. The van der Waals surface area contributed by atoms with Gasteiger partial charge in [0.25, 0.3) is 11.8 Å². The molecule has 0 saturated carbocycles. The highest BCUT2D eigenvalue weighted by molar-refractivity contribution is 7.11. The number of likely N-dealkylation sites (N-methyl/N-ethyl adjacent to an activating group) is 1. The number of carbonyl (C=O) groups is 2. The number of hydrogen-bond donors (Lipinski definition) is 0. The molecule has 1 fully saturated rings. The largest absolute Gasteiger partial charge is 0.364 e. The molecule has 1 saturated heterocycles. The Morgan fingerprint density at radius 2 is 1.75 bits per heavy atom. The van der Waals surface area contributed by atoms with Gasteiger partial charge in [-0.05, 0) is 43.5 Å². The number of thiophene rings is 1. The Balaban J connectivity index is 1.76. The van der Waals surface area contributed by atoms with Crippen molar-refractivity contribution in [3.63, 3.8) is 0 Å². The van der Waals surface area contributed by atoms with Crippen molar-refractivity contribution in [2.45, 2.75) is 20.8 Å². The van der Waals surface area contributed by atoms with E-state index in [1.807, 2.05) is 49.6 Å². The van der Waals surface area contributed by atoms with Gasteiger partial charge in [-0.15, -0.1) is 11.3 Å². The van der Waals surface area contributed by atoms with Crippen molar-refractivity contribution in [2.75, 3.05) is 37.6 Å². The zero-order chi connectivity index (χ0) is 19.8. The molecule has 28 heavy (non-hydrogen) atoms. The maximum atomic E-state index is 13.5. The van der Waals surface area contributed by atoms with Gasteiger partial charge in [0, 0.05) is 31.1 Å². The molecule has 3 heterocycles. The van der Waals surface area contributed by atoms with Crippen LogP contribution in [0.15, 0.2) is 41.4 Å². The molecule has 0 bridgehead atoms. The van der Waals surface area contributed by atoms with E-state index in [2.05, 4.69) is 16.7 Å². The van der Waals surface area contributed by atoms with E-state index in [1.54, 1.807) is 0 Å². The first-order chi connectivity index (χ1) is 13.5. The van der Waals surface area contributed by atoms with Gasteiger partial charge >= 0.3 is 0 Å². The van der Waals surface area contributed by atoms with Crippen molar-refractivity contribution >= 4 is 34.4 Å². The Morgan fingerprint density at radius 1 is 1.00 bits per heavy atom. The van der Waals surface area contributed by atoms with Crippen LogP contribution in [0.1, 0.15) is 22.9 Å². The number of imide groups is 1. The van der Waals surface area contributed by atoms with Gasteiger partial charge < -0.3 is 9.80 Å². The summed E-state index contributed by atoms with van der Waals surface area (Å²) >= 11 is 1.51. The molecule has 146 valence electrons. The fourth-order valence-corrected chi connectivity index (χ4v) is 4.78. The molecule has 0 atom stereocenters. The van der Waals surface area contributed by atoms with E-state index in [9.17, 15) is 9.59 Å². The monoisotopic (exact) mass is 395 g/mol. The molecule has 2 aliphatic rings. The van der Waals surface area contributed by atoms with Gasteiger partial charge in [0.2, 0.25) is 0 Å². The third-order valence-corrected chi connectivity index (χ3v) is 6.44. The summed E-state index contributed by atoms with van der Waals surface area (Å²) < 4.78 is 0. The van der Waals surface area contributed by atoms with Crippen LogP contribution >= 0.6 is 11.3 Å². The first kappa shape index (κ1) is 18.9. The molecule has 6 heteroatoms. The summed E-state index contributed by atoms with van der Waals surface area (Å²) in [6.45, 7) is 10.5. The van der Waals surface area contributed by atoms with Crippen molar-refractivity contribution < 1.29 is 9.59 Å². The van der Waals surface area contributed by atoms with Crippen molar-refractivity contribution in [3.05, 3.63) is 57.4 Å². The molecule has 1 aromatic carbocycles. The number of benzene rings is 1. The highest BCUT2D eigenvalue weighted by atomic mass is 32.1. The van der Waals surface area contributed by atoms with E-state index in [1.165, 1.54) is 16.2 Å². The number of nitrogens with zero attached hydrogens (tertiary/aromatic N) is 3. The van der Waals surface area contributed by atoms with Crippen LogP contribution in [0.3, 0.4) is 0 Å². The van der Waals surface area contributed by atoms with E-state index >= 15 is 0 Å². The Kier molecular flexibility index (Phi) is 5.08. The normalized spacial score (nSPS) is 18.5. The Morgan fingerprint density at radius 3 is 2.36 bits per heavy atom. The fraction of sp³-hybridized carbons (Fsp3) is 0.364. The van der Waals surface area contributed by atoms with Crippen LogP contribution in [-0.4, -0.2) is 54.3 Å². The molecular formula is C22H25N3O2S. The van der Waals surface area contributed by atoms with Gasteiger partial charge in [0.1, 0.15) is 5.70 Å². The van der Waals surface area contributed by atoms with Crippen LogP contribution in [0, 0.1) is 13.8 Å². The smallest absolute Gasteiger partial charge is 0.282 e. The second-order valence-corrected chi connectivity index (χ2v) is 8.31. The Labute approximate surface area is 169 Å². The first-order valence-corrected chi connectivity index (χ1v) is 10.6. The zero-order valence-electron chi connectivity index (χ0n) is 16.6. The summed E-state index contributed by atoms with van der Waals surface area (Å²) in [6, 6.07) is 9.70. The van der Waals surface area contributed by atoms with E-state index in [0.29, 0.717) is 17.0 Å². The first-order valence-electron chi connectivity index (χ1n) is 9.72. The third-order valence-electron chi connectivity index (χ3n) is 5.56. The summed E-state index contributed by atoms with van der Waals surface area (Å²) in [5, 5.41) is 1.95. The second-order valence-electron chi connectivity index (χ2n) is 7.36. The fourth-order valence-electron chi connectivity index (χ4n) is 4.02. The average molecular weight is 396 g/mol. The van der Waals surface area contributed by atoms with E-state index in [0.717, 1.165) is 48.7 Å². The predicted molar refractivity (Wildman–Crippen MR) is 113 cm³/mol. The molecule has 2 amide bonds. The highest BCUT2D eigenvalue weighted by Gasteiger charge is 2.43. The van der Waals surface area contributed by atoms with Gasteiger partial charge in [-0.25, -0.2) is 4.90 Å². The van der Waals surface area contributed by atoms with E-state index < -0.39 is 0 Å². The SMILES string of the molecule is CCN1CCN(C2=C(c3cccs3)C(=O)N(c3ccc(C)cc3C)C2=O)CC1. The number of amides is 2.